The molecule has 4 aromatic rings. The Morgan fingerprint density at radius 2 is 1.61 bits per heavy atom. The van der Waals surface area contributed by atoms with Crippen molar-refractivity contribution in [1.82, 2.24) is 9.97 Å². The molecule has 0 atom stereocenters. The SMILES string of the molecule is COC(=O)c1cccc2[nH]cc(-c3nc4cccc(C(=O)OC)c4c(=O)o3)c12. The first-order valence-corrected chi connectivity index (χ1v) is 8.26. The summed E-state index contributed by atoms with van der Waals surface area (Å²) in [5.74, 6) is -1.17. The average Bonchev–Trinajstić information content (AvgIpc) is 3.16. The summed E-state index contributed by atoms with van der Waals surface area (Å²) in [4.78, 5) is 44.1. The molecule has 4 rings (SSSR count). The highest BCUT2D eigenvalue weighted by Crippen LogP contribution is 2.31. The van der Waals surface area contributed by atoms with Gasteiger partial charge in [0.05, 0.1) is 36.4 Å². The zero-order valence-electron chi connectivity index (χ0n) is 14.9. The molecule has 0 radical (unpaired) electrons. The molecule has 2 heterocycles. The molecule has 28 heavy (non-hydrogen) atoms. The van der Waals surface area contributed by atoms with Gasteiger partial charge in [0.15, 0.2) is 0 Å². The monoisotopic (exact) mass is 378 g/mol. The molecule has 1 N–H and O–H groups in total. The van der Waals surface area contributed by atoms with Gasteiger partial charge in [0.25, 0.3) is 0 Å². The van der Waals surface area contributed by atoms with Crippen molar-refractivity contribution in [3.63, 3.8) is 0 Å². The summed E-state index contributed by atoms with van der Waals surface area (Å²) in [6, 6.07) is 9.76. The molecule has 0 aliphatic carbocycles. The van der Waals surface area contributed by atoms with Gasteiger partial charge in [-0.25, -0.2) is 19.4 Å². The van der Waals surface area contributed by atoms with Gasteiger partial charge in [-0.1, -0.05) is 12.1 Å². The molecule has 0 saturated carbocycles. The standard InChI is InChI=1S/C20H14N2O6/c1-26-18(23)10-5-3-7-13-15(10)12(9-21-13)17-22-14-8-4-6-11(19(24)27-2)16(14)20(25)28-17/h3-9,21H,1-2H3. The van der Waals surface area contributed by atoms with Crippen molar-refractivity contribution in [2.45, 2.75) is 0 Å². The van der Waals surface area contributed by atoms with Gasteiger partial charge >= 0.3 is 17.6 Å². The van der Waals surface area contributed by atoms with Crippen molar-refractivity contribution in [1.29, 1.82) is 0 Å². The van der Waals surface area contributed by atoms with Crippen LogP contribution in [0, 0.1) is 0 Å². The number of nitrogens with one attached hydrogen (secondary N) is 1. The first kappa shape index (κ1) is 17.5. The third-order valence-corrected chi connectivity index (χ3v) is 4.40. The number of aromatic amines is 1. The number of ether oxygens (including phenoxy) is 2. The van der Waals surface area contributed by atoms with Crippen LogP contribution in [0.3, 0.4) is 0 Å². The van der Waals surface area contributed by atoms with Gasteiger partial charge in [-0.3, -0.25) is 0 Å². The van der Waals surface area contributed by atoms with Crippen molar-refractivity contribution in [2.75, 3.05) is 14.2 Å². The van der Waals surface area contributed by atoms with Crippen molar-refractivity contribution >= 4 is 33.7 Å². The second-order valence-corrected chi connectivity index (χ2v) is 5.92. The number of nitrogens with zero attached hydrogens (tertiary/aromatic N) is 1. The van der Waals surface area contributed by atoms with Crippen LogP contribution in [0.4, 0.5) is 0 Å². The Bertz CT molecular complexity index is 1300. The van der Waals surface area contributed by atoms with E-state index in [9.17, 15) is 14.4 Å². The van der Waals surface area contributed by atoms with Gasteiger partial charge in [0, 0.05) is 17.1 Å². The molecule has 0 aliphatic heterocycles. The Morgan fingerprint density at radius 3 is 2.29 bits per heavy atom. The van der Waals surface area contributed by atoms with E-state index in [4.69, 9.17) is 13.9 Å². The number of aromatic nitrogens is 2. The van der Waals surface area contributed by atoms with Crippen molar-refractivity contribution in [3.05, 3.63) is 64.1 Å². The highest BCUT2D eigenvalue weighted by molar-refractivity contribution is 6.09. The maximum Gasteiger partial charge on any atom is 0.347 e. The number of methoxy groups -OCH3 is 2. The number of carbonyl (C=O) groups is 2. The van der Waals surface area contributed by atoms with Crippen LogP contribution >= 0.6 is 0 Å². The number of carbonyl (C=O) groups excluding carboxylic acids is 2. The number of hydrogen-bond acceptors (Lipinski definition) is 7. The van der Waals surface area contributed by atoms with Gasteiger partial charge in [0.1, 0.15) is 5.39 Å². The number of benzene rings is 2. The maximum atomic E-state index is 12.6. The highest BCUT2D eigenvalue weighted by atomic mass is 16.5. The third-order valence-electron chi connectivity index (χ3n) is 4.40. The first-order valence-electron chi connectivity index (χ1n) is 8.26. The fourth-order valence-corrected chi connectivity index (χ4v) is 3.15. The number of H-pyrrole nitrogens is 1. The summed E-state index contributed by atoms with van der Waals surface area (Å²) >= 11 is 0. The van der Waals surface area contributed by atoms with E-state index in [2.05, 4.69) is 9.97 Å². The predicted octanol–water partition coefficient (Wildman–Crippen LogP) is 2.91. The minimum absolute atomic E-state index is 0.0159. The Kier molecular flexibility index (Phi) is 4.15. The van der Waals surface area contributed by atoms with Gasteiger partial charge in [-0.2, -0.15) is 0 Å². The van der Waals surface area contributed by atoms with E-state index in [0.29, 0.717) is 22.0 Å². The molecule has 140 valence electrons. The van der Waals surface area contributed by atoms with Crippen LogP contribution in [-0.2, 0) is 9.47 Å². The van der Waals surface area contributed by atoms with Crippen LogP contribution in [0.5, 0.6) is 0 Å². The summed E-state index contributed by atoms with van der Waals surface area (Å²) in [6.07, 6.45) is 1.60. The highest BCUT2D eigenvalue weighted by Gasteiger charge is 2.21. The average molecular weight is 378 g/mol. The molecule has 0 saturated heterocycles. The summed E-state index contributed by atoms with van der Waals surface area (Å²) in [5, 5.41) is 0.555. The number of hydrogen-bond donors (Lipinski definition) is 1. The lowest BCUT2D eigenvalue weighted by molar-refractivity contribution is 0.0594. The van der Waals surface area contributed by atoms with Gasteiger partial charge in [-0.15, -0.1) is 0 Å². The van der Waals surface area contributed by atoms with Gasteiger partial charge < -0.3 is 18.9 Å². The summed E-state index contributed by atoms with van der Waals surface area (Å²) < 4.78 is 14.9. The third kappa shape index (κ3) is 2.62. The maximum absolute atomic E-state index is 12.6. The molecule has 0 bridgehead atoms. The van der Waals surface area contributed by atoms with E-state index in [1.807, 2.05) is 0 Å². The molecule has 0 aliphatic rings. The van der Waals surface area contributed by atoms with Crippen LogP contribution in [0.25, 0.3) is 33.3 Å². The number of esters is 2. The Labute approximate surface area is 157 Å². The van der Waals surface area contributed by atoms with E-state index < -0.39 is 17.6 Å². The Morgan fingerprint density at radius 1 is 0.964 bits per heavy atom. The van der Waals surface area contributed by atoms with Crippen LogP contribution in [0.1, 0.15) is 20.7 Å². The molecule has 8 heteroatoms. The molecule has 2 aromatic heterocycles. The molecule has 8 nitrogen and oxygen atoms in total. The van der Waals surface area contributed by atoms with Crippen molar-refractivity contribution in [2.24, 2.45) is 0 Å². The van der Waals surface area contributed by atoms with Crippen molar-refractivity contribution in [3.8, 4) is 11.5 Å². The number of fused-ring (bicyclic) bond motifs is 2. The van der Waals surface area contributed by atoms with Gasteiger partial charge in [0.2, 0.25) is 5.89 Å². The van der Waals surface area contributed by atoms with E-state index in [0.717, 1.165) is 0 Å². The molecule has 0 spiro atoms. The molecular formula is C20H14N2O6. The van der Waals surface area contributed by atoms with Gasteiger partial charge in [-0.05, 0) is 24.3 Å². The van der Waals surface area contributed by atoms with Crippen LogP contribution in [0.15, 0.2) is 51.8 Å². The second kappa shape index (κ2) is 6.66. The minimum atomic E-state index is -0.731. The van der Waals surface area contributed by atoms with Crippen LogP contribution in [0.2, 0.25) is 0 Å². The minimum Gasteiger partial charge on any atom is -0.465 e. The van der Waals surface area contributed by atoms with E-state index in [-0.39, 0.29) is 22.4 Å². The molecule has 0 fully saturated rings. The van der Waals surface area contributed by atoms with E-state index >= 15 is 0 Å². The summed E-state index contributed by atoms with van der Waals surface area (Å²) in [5.41, 5.74) is 1.01. The lowest BCUT2D eigenvalue weighted by Crippen LogP contribution is -2.11. The molecule has 0 unspecified atom stereocenters. The Balaban J connectivity index is 2.00. The van der Waals surface area contributed by atoms with E-state index in [1.54, 1.807) is 36.5 Å². The quantitative estimate of drug-likeness (QED) is 0.546. The second-order valence-electron chi connectivity index (χ2n) is 5.92. The van der Waals surface area contributed by atoms with Crippen LogP contribution in [-0.4, -0.2) is 36.1 Å². The topological polar surface area (TPSA) is 111 Å². The first-order chi connectivity index (χ1) is 13.5. The normalized spacial score (nSPS) is 10.9. The summed E-state index contributed by atoms with van der Waals surface area (Å²) in [6.45, 7) is 0. The summed E-state index contributed by atoms with van der Waals surface area (Å²) in [7, 11) is 2.51. The lowest BCUT2D eigenvalue weighted by Gasteiger charge is -2.06. The predicted molar refractivity (Wildman–Crippen MR) is 100 cm³/mol. The molecule has 0 amide bonds. The lowest BCUT2D eigenvalue weighted by atomic mass is 10.1. The van der Waals surface area contributed by atoms with Crippen molar-refractivity contribution < 1.29 is 23.5 Å². The van der Waals surface area contributed by atoms with Crippen LogP contribution < -0.4 is 5.63 Å². The zero-order chi connectivity index (χ0) is 19.8. The molecule has 2 aromatic carbocycles. The Hall–Kier alpha value is -3.94. The largest absolute Gasteiger partial charge is 0.465 e. The fourth-order valence-electron chi connectivity index (χ4n) is 3.15. The number of rotatable bonds is 3. The van der Waals surface area contributed by atoms with E-state index in [1.165, 1.54) is 20.3 Å². The zero-order valence-corrected chi connectivity index (χ0v) is 14.9. The fraction of sp³-hybridized carbons (Fsp3) is 0.100. The molecular weight excluding hydrogens is 364 g/mol. The smallest absolute Gasteiger partial charge is 0.347 e.